The van der Waals surface area contributed by atoms with E-state index in [9.17, 15) is 4.79 Å². The Bertz CT molecular complexity index is 617. The highest BCUT2D eigenvalue weighted by molar-refractivity contribution is 5.96. The molecule has 0 amide bonds. The van der Waals surface area contributed by atoms with Crippen molar-refractivity contribution in [3.63, 3.8) is 0 Å². The Morgan fingerprint density at radius 3 is 2.57 bits per heavy atom. The third-order valence-corrected chi connectivity index (χ3v) is 6.12. The molecule has 2 unspecified atom stereocenters. The molecule has 2 fully saturated rings. The lowest BCUT2D eigenvalue weighted by atomic mass is 9.70. The van der Waals surface area contributed by atoms with Gasteiger partial charge < -0.3 is 4.84 Å². The second kappa shape index (κ2) is 4.69. The minimum atomic E-state index is -0.357. The van der Waals surface area contributed by atoms with Gasteiger partial charge >= 0.3 is 5.97 Å². The summed E-state index contributed by atoms with van der Waals surface area (Å²) in [5, 5.41) is 4.26. The van der Waals surface area contributed by atoms with E-state index in [2.05, 4.69) is 25.9 Å². The molecule has 1 aromatic rings. The van der Waals surface area contributed by atoms with Gasteiger partial charge in [0.25, 0.3) is 0 Å². The van der Waals surface area contributed by atoms with Gasteiger partial charge in [-0.3, -0.25) is 0 Å². The Labute approximate surface area is 126 Å². The van der Waals surface area contributed by atoms with Crippen LogP contribution in [0.4, 0.5) is 0 Å². The summed E-state index contributed by atoms with van der Waals surface area (Å²) >= 11 is 0. The molecule has 2 aliphatic carbocycles. The first-order valence-corrected chi connectivity index (χ1v) is 7.70. The molecule has 21 heavy (non-hydrogen) atoms. The van der Waals surface area contributed by atoms with Crippen molar-refractivity contribution in [3.8, 4) is 0 Å². The Kier molecular flexibility index (Phi) is 3.19. The van der Waals surface area contributed by atoms with E-state index in [1.807, 2.05) is 25.1 Å². The molecular weight excluding hydrogens is 262 g/mol. The SMILES string of the molecule is Cc1ccccc1C(=O)O/N=C1/CC2CCC1(C)C2(C)C. The fraction of sp³-hybridized carbons (Fsp3) is 0.556. The van der Waals surface area contributed by atoms with Crippen LogP contribution in [0, 0.1) is 23.7 Å². The highest BCUT2D eigenvalue weighted by atomic mass is 16.7. The van der Waals surface area contributed by atoms with E-state index in [1.54, 1.807) is 6.07 Å². The van der Waals surface area contributed by atoms with Crippen molar-refractivity contribution in [2.75, 3.05) is 0 Å². The fourth-order valence-corrected chi connectivity index (χ4v) is 4.01. The number of oxime groups is 1. The number of nitrogens with zero attached hydrogens (tertiary/aromatic N) is 1. The summed E-state index contributed by atoms with van der Waals surface area (Å²) in [6, 6.07) is 7.45. The minimum Gasteiger partial charge on any atom is -0.313 e. The van der Waals surface area contributed by atoms with Crippen LogP contribution in [0.25, 0.3) is 0 Å². The van der Waals surface area contributed by atoms with Crippen LogP contribution in [0.2, 0.25) is 0 Å². The van der Waals surface area contributed by atoms with Crippen molar-refractivity contribution >= 4 is 11.7 Å². The molecule has 0 spiro atoms. The number of fused-ring (bicyclic) bond motifs is 2. The van der Waals surface area contributed by atoms with Gasteiger partial charge in [-0.25, -0.2) is 4.79 Å². The molecule has 2 aliphatic rings. The summed E-state index contributed by atoms with van der Waals surface area (Å²) in [5.41, 5.74) is 2.90. The van der Waals surface area contributed by atoms with Crippen LogP contribution >= 0.6 is 0 Å². The molecule has 2 saturated carbocycles. The smallest absolute Gasteiger partial charge is 0.313 e. The first-order valence-electron chi connectivity index (χ1n) is 7.70. The lowest BCUT2D eigenvalue weighted by molar-refractivity contribution is 0.0507. The summed E-state index contributed by atoms with van der Waals surface area (Å²) in [4.78, 5) is 17.4. The van der Waals surface area contributed by atoms with E-state index in [1.165, 1.54) is 6.42 Å². The summed E-state index contributed by atoms with van der Waals surface area (Å²) in [7, 11) is 0. The van der Waals surface area contributed by atoms with Crippen LogP contribution in [-0.4, -0.2) is 11.7 Å². The molecule has 0 saturated heterocycles. The van der Waals surface area contributed by atoms with E-state index in [0.29, 0.717) is 11.5 Å². The Balaban J connectivity index is 1.79. The molecule has 0 N–H and O–H groups in total. The maximum atomic E-state index is 12.2. The van der Waals surface area contributed by atoms with Gasteiger partial charge in [0.1, 0.15) is 0 Å². The number of hydrogen-bond acceptors (Lipinski definition) is 3. The molecule has 0 heterocycles. The Hall–Kier alpha value is -1.64. The highest BCUT2D eigenvalue weighted by Crippen LogP contribution is 2.63. The predicted octanol–water partition coefficient (Wildman–Crippen LogP) is 4.35. The van der Waals surface area contributed by atoms with Crippen LogP contribution in [0.3, 0.4) is 0 Å². The average Bonchev–Trinajstić information content (AvgIpc) is 2.78. The van der Waals surface area contributed by atoms with Gasteiger partial charge in [-0.05, 0) is 49.1 Å². The second-order valence-corrected chi connectivity index (χ2v) is 7.23. The van der Waals surface area contributed by atoms with Gasteiger partial charge in [0.15, 0.2) is 0 Å². The largest absolute Gasteiger partial charge is 0.365 e. The van der Waals surface area contributed by atoms with Crippen LogP contribution in [-0.2, 0) is 4.84 Å². The maximum Gasteiger partial charge on any atom is 0.365 e. The van der Waals surface area contributed by atoms with Crippen molar-refractivity contribution in [1.82, 2.24) is 0 Å². The maximum absolute atomic E-state index is 12.2. The predicted molar refractivity (Wildman–Crippen MR) is 83.3 cm³/mol. The molecule has 0 aliphatic heterocycles. The number of benzene rings is 1. The molecule has 1 aromatic carbocycles. The first kappa shape index (κ1) is 14.3. The molecule has 3 nitrogen and oxygen atoms in total. The van der Waals surface area contributed by atoms with Gasteiger partial charge in [-0.2, -0.15) is 0 Å². The lowest BCUT2D eigenvalue weighted by Crippen LogP contribution is -2.32. The fourth-order valence-electron chi connectivity index (χ4n) is 4.01. The van der Waals surface area contributed by atoms with Crippen molar-refractivity contribution in [2.45, 2.75) is 47.0 Å². The quantitative estimate of drug-likeness (QED) is 0.598. The van der Waals surface area contributed by atoms with Crippen LogP contribution in [0.15, 0.2) is 29.4 Å². The van der Waals surface area contributed by atoms with Gasteiger partial charge in [0, 0.05) is 5.41 Å². The van der Waals surface area contributed by atoms with E-state index in [-0.39, 0.29) is 16.8 Å². The number of aryl methyl sites for hydroxylation is 1. The standard InChI is InChI=1S/C18H23NO2/c1-12-7-5-6-8-14(12)16(20)21-19-15-11-13-9-10-18(15,4)17(13,2)3/h5-8,13H,9-11H2,1-4H3/b19-15-. The van der Waals surface area contributed by atoms with Gasteiger partial charge in [-0.1, -0.05) is 44.1 Å². The second-order valence-electron chi connectivity index (χ2n) is 7.23. The van der Waals surface area contributed by atoms with Crippen molar-refractivity contribution in [2.24, 2.45) is 21.9 Å². The summed E-state index contributed by atoms with van der Waals surface area (Å²) in [5.74, 6) is 0.309. The first-order chi connectivity index (χ1) is 9.86. The third-order valence-electron chi connectivity index (χ3n) is 6.12. The number of rotatable bonds is 2. The minimum absolute atomic E-state index is 0.0731. The van der Waals surface area contributed by atoms with Gasteiger partial charge in [0.05, 0.1) is 11.3 Å². The Morgan fingerprint density at radius 2 is 2.00 bits per heavy atom. The number of hydrogen-bond donors (Lipinski definition) is 0. The van der Waals surface area contributed by atoms with E-state index in [0.717, 1.165) is 24.1 Å². The molecule has 0 radical (unpaired) electrons. The molecule has 2 bridgehead atoms. The van der Waals surface area contributed by atoms with Crippen LogP contribution < -0.4 is 0 Å². The lowest BCUT2D eigenvalue weighted by Gasteiger charge is -2.34. The van der Waals surface area contributed by atoms with Crippen molar-refractivity contribution in [3.05, 3.63) is 35.4 Å². The van der Waals surface area contributed by atoms with Gasteiger partial charge in [0.2, 0.25) is 0 Å². The highest BCUT2D eigenvalue weighted by Gasteiger charge is 2.60. The molecule has 112 valence electrons. The number of carbonyl (C=O) groups excluding carboxylic acids is 1. The zero-order chi connectivity index (χ0) is 15.3. The third kappa shape index (κ3) is 2.02. The average molecular weight is 285 g/mol. The Morgan fingerprint density at radius 1 is 1.29 bits per heavy atom. The van der Waals surface area contributed by atoms with Crippen molar-refractivity contribution < 1.29 is 9.63 Å². The van der Waals surface area contributed by atoms with E-state index < -0.39 is 0 Å². The van der Waals surface area contributed by atoms with E-state index >= 15 is 0 Å². The monoisotopic (exact) mass is 285 g/mol. The van der Waals surface area contributed by atoms with Crippen molar-refractivity contribution in [1.29, 1.82) is 0 Å². The molecule has 3 heteroatoms. The van der Waals surface area contributed by atoms with E-state index in [4.69, 9.17) is 4.84 Å². The van der Waals surface area contributed by atoms with Crippen LogP contribution in [0.5, 0.6) is 0 Å². The molecular formula is C18H23NO2. The van der Waals surface area contributed by atoms with Crippen LogP contribution in [0.1, 0.15) is 56.0 Å². The molecule has 2 atom stereocenters. The molecule has 3 rings (SSSR count). The van der Waals surface area contributed by atoms with Gasteiger partial charge in [-0.15, -0.1) is 0 Å². The summed E-state index contributed by atoms with van der Waals surface area (Å²) in [6.45, 7) is 8.80. The molecule has 0 aromatic heterocycles. The summed E-state index contributed by atoms with van der Waals surface area (Å²) in [6.07, 6.45) is 3.37. The zero-order valence-corrected chi connectivity index (χ0v) is 13.3. The zero-order valence-electron chi connectivity index (χ0n) is 13.3. The summed E-state index contributed by atoms with van der Waals surface area (Å²) < 4.78 is 0. The normalized spacial score (nSPS) is 31.6. The number of carbonyl (C=O) groups is 1. The topological polar surface area (TPSA) is 38.7 Å².